The van der Waals surface area contributed by atoms with Gasteiger partial charge in [0.15, 0.2) is 0 Å². The lowest BCUT2D eigenvalue weighted by Gasteiger charge is -2.12. The Labute approximate surface area is 93.2 Å². The standard InChI is InChI=1S/C11H13N3S/c1-12-10(11-7-13-8-15-11)6-9-4-2-3-5-14-9/h2-5,7-8,10,12H,6H2,1H3. The van der Waals surface area contributed by atoms with Crippen LogP contribution in [-0.4, -0.2) is 17.0 Å². The zero-order chi connectivity index (χ0) is 10.5. The van der Waals surface area contributed by atoms with Crippen LogP contribution in [0.2, 0.25) is 0 Å². The fourth-order valence-electron chi connectivity index (χ4n) is 1.47. The van der Waals surface area contributed by atoms with Crippen LogP contribution in [0.4, 0.5) is 0 Å². The van der Waals surface area contributed by atoms with Crippen molar-refractivity contribution in [3.05, 3.63) is 46.7 Å². The second kappa shape index (κ2) is 5.00. The van der Waals surface area contributed by atoms with E-state index in [4.69, 9.17) is 0 Å². The van der Waals surface area contributed by atoms with Crippen LogP contribution in [0, 0.1) is 0 Å². The van der Waals surface area contributed by atoms with E-state index >= 15 is 0 Å². The number of aromatic nitrogens is 2. The Balaban J connectivity index is 2.10. The molecule has 4 heteroatoms. The molecule has 0 bridgehead atoms. The first-order valence-electron chi connectivity index (χ1n) is 4.85. The quantitative estimate of drug-likeness (QED) is 0.855. The van der Waals surface area contributed by atoms with Crippen LogP contribution in [0.15, 0.2) is 36.1 Å². The molecule has 0 saturated heterocycles. The van der Waals surface area contributed by atoms with Gasteiger partial charge in [-0.05, 0) is 19.2 Å². The molecule has 0 aromatic carbocycles. The highest BCUT2D eigenvalue weighted by Crippen LogP contribution is 2.20. The lowest BCUT2D eigenvalue weighted by atomic mass is 10.1. The summed E-state index contributed by atoms with van der Waals surface area (Å²) in [6.07, 6.45) is 4.64. The van der Waals surface area contributed by atoms with Gasteiger partial charge in [0.05, 0.1) is 5.51 Å². The molecular weight excluding hydrogens is 206 g/mol. The van der Waals surface area contributed by atoms with E-state index in [0.29, 0.717) is 6.04 Å². The van der Waals surface area contributed by atoms with Gasteiger partial charge in [-0.25, -0.2) is 0 Å². The maximum Gasteiger partial charge on any atom is 0.0794 e. The molecular formula is C11H13N3S. The molecule has 0 radical (unpaired) electrons. The third kappa shape index (κ3) is 2.61. The first-order chi connectivity index (χ1) is 7.40. The van der Waals surface area contributed by atoms with E-state index in [9.17, 15) is 0 Å². The lowest BCUT2D eigenvalue weighted by molar-refractivity contribution is 0.593. The maximum atomic E-state index is 4.32. The lowest BCUT2D eigenvalue weighted by Crippen LogP contribution is -2.18. The average Bonchev–Trinajstić information content (AvgIpc) is 2.81. The molecule has 0 aliphatic heterocycles. The van der Waals surface area contributed by atoms with Crippen molar-refractivity contribution in [2.24, 2.45) is 0 Å². The number of hydrogen-bond donors (Lipinski definition) is 1. The second-order valence-corrected chi connectivity index (χ2v) is 4.19. The van der Waals surface area contributed by atoms with Gasteiger partial charge in [0.25, 0.3) is 0 Å². The van der Waals surface area contributed by atoms with Crippen molar-refractivity contribution in [1.82, 2.24) is 15.3 Å². The highest BCUT2D eigenvalue weighted by Gasteiger charge is 2.11. The van der Waals surface area contributed by atoms with Crippen molar-refractivity contribution < 1.29 is 0 Å². The van der Waals surface area contributed by atoms with Gasteiger partial charge in [-0.3, -0.25) is 9.97 Å². The van der Waals surface area contributed by atoms with Gasteiger partial charge in [-0.1, -0.05) is 6.07 Å². The summed E-state index contributed by atoms with van der Waals surface area (Å²) in [7, 11) is 1.97. The molecule has 1 atom stereocenters. The molecule has 0 aliphatic rings. The fourth-order valence-corrected chi connectivity index (χ4v) is 2.20. The van der Waals surface area contributed by atoms with E-state index < -0.39 is 0 Å². The molecule has 1 unspecified atom stereocenters. The van der Waals surface area contributed by atoms with Gasteiger partial charge in [0.1, 0.15) is 0 Å². The molecule has 78 valence electrons. The zero-order valence-corrected chi connectivity index (χ0v) is 9.37. The van der Waals surface area contributed by atoms with Crippen molar-refractivity contribution in [1.29, 1.82) is 0 Å². The minimum absolute atomic E-state index is 0.312. The number of rotatable bonds is 4. The molecule has 0 amide bonds. The number of thiazole rings is 1. The van der Waals surface area contributed by atoms with Crippen molar-refractivity contribution >= 4 is 11.3 Å². The summed E-state index contributed by atoms with van der Waals surface area (Å²) in [6, 6.07) is 6.31. The average molecular weight is 219 g/mol. The number of hydrogen-bond acceptors (Lipinski definition) is 4. The molecule has 2 heterocycles. The van der Waals surface area contributed by atoms with Crippen LogP contribution in [-0.2, 0) is 6.42 Å². The smallest absolute Gasteiger partial charge is 0.0794 e. The van der Waals surface area contributed by atoms with Gasteiger partial charge in [-0.2, -0.15) is 0 Å². The van der Waals surface area contributed by atoms with E-state index in [2.05, 4.69) is 15.3 Å². The predicted molar refractivity (Wildman–Crippen MR) is 61.9 cm³/mol. The molecule has 2 rings (SSSR count). The third-order valence-corrected chi connectivity index (χ3v) is 3.17. The van der Waals surface area contributed by atoms with E-state index in [1.165, 1.54) is 4.88 Å². The summed E-state index contributed by atoms with van der Waals surface area (Å²) in [5.74, 6) is 0. The summed E-state index contributed by atoms with van der Waals surface area (Å²) in [5, 5.41) is 3.28. The Morgan fingerprint density at radius 1 is 1.47 bits per heavy atom. The number of nitrogens with zero attached hydrogens (tertiary/aromatic N) is 2. The Bertz CT molecular complexity index is 385. The molecule has 2 aromatic rings. The molecule has 0 spiro atoms. The summed E-state index contributed by atoms with van der Waals surface area (Å²) in [4.78, 5) is 9.66. The number of nitrogens with one attached hydrogen (secondary N) is 1. The highest BCUT2D eigenvalue weighted by atomic mass is 32.1. The minimum Gasteiger partial charge on any atom is -0.312 e. The fraction of sp³-hybridized carbons (Fsp3) is 0.273. The van der Waals surface area contributed by atoms with Crippen LogP contribution in [0.5, 0.6) is 0 Å². The van der Waals surface area contributed by atoms with Crippen LogP contribution < -0.4 is 5.32 Å². The first kappa shape index (κ1) is 10.3. The van der Waals surface area contributed by atoms with E-state index in [-0.39, 0.29) is 0 Å². The maximum absolute atomic E-state index is 4.32. The summed E-state index contributed by atoms with van der Waals surface area (Å²) >= 11 is 1.67. The second-order valence-electron chi connectivity index (χ2n) is 3.27. The molecule has 1 N–H and O–H groups in total. The number of likely N-dealkylation sites (N-methyl/N-ethyl adjacent to an activating group) is 1. The highest BCUT2D eigenvalue weighted by molar-refractivity contribution is 7.09. The minimum atomic E-state index is 0.312. The Kier molecular flexibility index (Phi) is 3.42. The van der Waals surface area contributed by atoms with Crippen LogP contribution in [0.1, 0.15) is 16.6 Å². The molecule has 3 nitrogen and oxygen atoms in total. The zero-order valence-electron chi connectivity index (χ0n) is 8.55. The molecule has 0 saturated carbocycles. The Morgan fingerprint density at radius 2 is 2.40 bits per heavy atom. The Morgan fingerprint density at radius 3 is 3.00 bits per heavy atom. The van der Waals surface area contributed by atoms with E-state index in [1.807, 2.05) is 43.2 Å². The molecule has 0 fully saturated rings. The largest absolute Gasteiger partial charge is 0.312 e. The normalized spacial score (nSPS) is 12.6. The van der Waals surface area contributed by atoms with Crippen LogP contribution >= 0.6 is 11.3 Å². The van der Waals surface area contributed by atoms with Crippen molar-refractivity contribution in [3.63, 3.8) is 0 Å². The van der Waals surface area contributed by atoms with Crippen molar-refractivity contribution in [3.8, 4) is 0 Å². The first-order valence-corrected chi connectivity index (χ1v) is 5.73. The third-order valence-electron chi connectivity index (χ3n) is 2.28. The molecule has 0 aliphatic carbocycles. The Hall–Kier alpha value is -1.26. The van der Waals surface area contributed by atoms with Crippen LogP contribution in [0.3, 0.4) is 0 Å². The van der Waals surface area contributed by atoms with Gasteiger partial charge < -0.3 is 5.32 Å². The van der Waals surface area contributed by atoms with Gasteiger partial charge in [-0.15, -0.1) is 11.3 Å². The SMILES string of the molecule is CNC(Cc1ccccn1)c1cncs1. The van der Waals surface area contributed by atoms with Gasteiger partial charge >= 0.3 is 0 Å². The van der Waals surface area contributed by atoms with Gasteiger partial charge in [0, 0.05) is 35.4 Å². The van der Waals surface area contributed by atoms with E-state index in [0.717, 1.165) is 12.1 Å². The topological polar surface area (TPSA) is 37.8 Å². The van der Waals surface area contributed by atoms with Gasteiger partial charge in [0.2, 0.25) is 0 Å². The molecule has 15 heavy (non-hydrogen) atoms. The monoisotopic (exact) mass is 219 g/mol. The van der Waals surface area contributed by atoms with Crippen molar-refractivity contribution in [2.75, 3.05) is 7.05 Å². The summed E-state index contributed by atoms with van der Waals surface area (Å²) in [5.41, 5.74) is 2.96. The predicted octanol–water partition coefficient (Wildman–Crippen LogP) is 2.04. The molecule has 2 aromatic heterocycles. The van der Waals surface area contributed by atoms with Crippen molar-refractivity contribution in [2.45, 2.75) is 12.5 Å². The summed E-state index contributed by atoms with van der Waals surface area (Å²) < 4.78 is 0. The summed E-state index contributed by atoms with van der Waals surface area (Å²) in [6.45, 7) is 0. The van der Waals surface area contributed by atoms with Crippen LogP contribution in [0.25, 0.3) is 0 Å². The number of pyridine rings is 1. The van der Waals surface area contributed by atoms with E-state index in [1.54, 1.807) is 11.3 Å².